The van der Waals surface area contributed by atoms with Crippen LogP contribution in [0.5, 0.6) is 0 Å². The molecule has 6 heteroatoms. The number of anilines is 3. The van der Waals surface area contributed by atoms with E-state index >= 15 is 0 Å². The van der Waals surface area contributed by atoms with Gasteiger partial charge in [-0.15, -0.1) is 0 Å². The van der Waals surface area contributed by atoms with Gasteiger partial charge in [-0.25, -0.2) is 4.68 Å². The summed E-state index contributed by atoms with van der Waals surface area (Å²) in [5.41, 5.74) is 9.15. The van der Waals surface area contributed by atoms with Crippen LogP contribution in [0, 0.1) is 13.8 Å². The summed E-state index contributed by atoms with van der Waals surface area (Å²) in [6.45, 7) is 3.97. The van der Waals surface area contributed by atoms with Gasteiger partial charge in [0.15, 0.2) is 0 Å². The van der Waals surface area contributed by atoms with Crippen molar-refractivity contribution in [2.45, 2.75) is 13.8 Å². The molecule has 4 aromatic rings. The van der Waals surface area contributed by atoms with Gasteiger partial charge in [-0.2, -0.15) is 5.10 Å². The highest BCUT2D eigenvalue weighted by Crippen LogP contribution is 2.19. The van der Waals surface area contributed by atoms with Gasteiger partial charge >= 0.3 is 0 Å². The lowest BCUT2D eigenvalue weighted by molar-refractivity contribution is 0.630. The molecule has 0 saturated carbocycles. The van der Waals surface area contributed by atoms with Crippen LogP contribution < -0.4 is 16.3 Å². The zero-order chi connectivity index (χ0) is 21.8. The van der Waals surface area contributed by atoms with Crippen molar-refractivity contribution in [2.75, 3.05) is 10.7 Å². The topological polar surface area (TPSA) is 63.4 Å². The highest BCUT2D eigenvalue weighted by atomic mass is 16.1. The largest absolute Gasteiger partial charge is 0.349 e. The maximum absolute atomic E-state index is 13.0. The highest BCUT2D eigenvalue weighted by molar-refractivity contribution is 5.81. The summed E-state index contributed by atoms with van der Waals surface area (Å²) in [4.78, 5) is 13.0. The van der Waals surface area contributed by atoms with Gasteiger partial charge in [0.2, 0.25) is 0 Å². The van der Waals surface area contributed by atoms with Crippen LogP contribution in [-0.4, -0.2) is 15.6 Å². The first-order valence-electron chi connectivity index (χ1n) is 10.1. The molecule has 0 fully saturated rings. The Bertz CT molecular complexity index is 1270. The number of aromatic nitrogens is 2. The number of benzene rings is 3. The first-order valence-corrected chi connectivity index (χ1v) is 10.1. The molecule has 0 aliphatic carbocycles. The second-order valence-electron chi connectivity index (χ2n) is 7.37. The zero-order valence-corrected chi connectivity index (χ0v) is 17.8. The standard InChI is InChI=1S/C25H25N5O/c1-18-9-7-8-12-23(18)28-26-17-20-13-15-21(16-14-20)27-24-19(2)29(3)30(25(24)31)22-10-5-4-6-11-22/h4-17,27-28H,1-3H3/b26-17-. The van der Waals surface area contributed by atoms with Gasteiger partial charge in [0.1, 0.15) is 5.69 Å². The van der Waals surface area contributed by atoms with E-state index in [9.17, 15) is 4.79 Å². The summed E-state index contributed by atoms with van der Waals surface area (Å²) >= 11 is 0. The van der Waals surface area contributed by atoms with Crippen molar-refractivity contribution in [1.29, 1.82) is 0 Å². The van der Waals surface area contributed by atoms with Crippen LogP contribution in [0.3, 0.4) is 0 Å². The molecule has 31 heavy (non-hydrogen) atoms. The summed E-state index contributed by atoms with van der Waals surface area (Å²) in [6.07, 6.45) is 1.77. The van der Waals surface area contributed by atoms with E-state index in [2.05, 4.69) is 15.8 Å². The predicted molar refractivity (Wildman–Crippen MR) is 128 cm³/mol. The average molecular weight is 412 g/mol. The molecule has 2 N–H and O–H groups in total. The molecule has 6 nitrogen and oxygen atoms in total. The van der Waals surface area contributed by atoms with Crippen molar-refractivity contribution in [3.63, 3.8) is 0 Å². The Kier molecular flexibility index (Phi) is 5.71. The molecule has 0 amide bonds. The van der Waals surface area contributed by atoms with Gasteiger partial charge in [0.25, 0.3) is 5.56 Å². The lowest BCUT2D eigenvalue weighted by Gasteiger charge is -2.07. The molecule has 1 heterocycles. The van der Waals surface area contributed by atoms with Gasteiger partial charge in [-0.3, -0.25) is 14.9 Å². The Morgan fingerprint density at radius 3 is 2.26 bits per heavy atom. The first kappa shape index (κ1) is 20.2. The molecule has 0 aliphatic rings. The fourth-order valence-corrected chi connectivity index (χ4v) is 3.38. The molecular weight excluding hydrogens is 386 g/mol. The number of hydrogen-bond donors (Lipinski definition) is 2. The summed E-state index contributed by atoms with van der Waals surface area (Å²) in [5.74, 6) is 0. The van der Waals surface area contributed by atoms with Crippen LogP contribution in [0.4, 0.5) is 17.1 Å². The predicted octanol–water partition coefficient (Wildman–Crippen LogP) is 4.98. The lowest BCUT2D eigenvalue weighted by atomic mass is 10.2. The van der Waals surface area contributed by atoms with Crippen molar-refractivity contribution in [1.82, 2.24) is 9.36 Å². The third-order valence-electron chi connectivity index (χ3n) is 5.28. The quantitative estimate of drug-likeness (QED) is 0.347. The number of aryl methyl sites for hydroxylation is 1. The number of nitrogens with zero attached hydrogens (tertiary/aromatic N) is 3. The molecule has 0 saturated heterocycles. The second kappa shape index (κ2) is 8.75. The Morgan fingerprint density at radius 1 is 0.871 bits per heavy atom. The summed E-state index contributed by atoms with van der Waals surface area (Å²) in [7, 11) is 1.88. The molecule has 0 unspecified atom stereocenters. The molecule has 0 bridgehead atoms. The summed E-state index contributed by atoms with van der Waals surface area (Å²) in [6, 6.07) is 25.4. The normalized spacial score (nSPS) is 11.1. The van der Waals surface area contributed by atoms with Gasteiger partial charge in [-0.05, 0) is 55.3 Å². The molecule has 1 aromatic heterocycles. The van der Waals surface area contributed by atoms with Crippen molar-refractivity contribution in [3.8, 4) is 5.69 Å². The van der Waals surface area contributed by atoms with Crippen molar-refractivity contribution < 1.29 is 0 Å². The Hall–Kier alpha value is -4.06. The molecular formula is C25H25N5O. The lowest BCUT2D eigenvalue weighted by Crippen LogP contribution is -2.20. The Labute approximate surface area is 181 Å². The molecule has 3 aromatic carbocycles. The number of hydrogen-bond acceptors (Lipinski definition) is 4. The van der Waals surface area contributed by atoms with E-state index in [0.29, 0.717) is 5.69 Å². The molecule has 156 valence electrons. The van der Waals surface area contributed by atoms with Crippen LogP contribution in [0.2, 0.25) is 0 Å². The monoisotopic (exact) mass is 411 g/mol. The second-order valence-corrected chi connectivity index (χ2v) is 7.37. The minimum atomic E-state index is -0.0840. The van der Waals surface area contributed by atoms with Crippen molar-refractivity contribution >= 4 is 23.3 Å². The van der Waals surface area contributed by atoms with E-state index in [4.69, 9.17) is 0 Å². The average Bonchev–Trinajstić information content (AvgIpc) is 3.00. The van der Waals surface area contributed by atoms with Crippen LogP contribution in [-0.2, 0) is 7.05 Å². The smallest absolute Gasteiger partial charge is 0.295 e. The molecule has 0 aliphatic heterocycles. The van der Waals surface area contributed by atoms with Gasteiger partial charge in [0, 0.05) is 12.7 Å². The SMILES string of the molecule is Cc1ccccc1N/N=C\c1ccc(Nc2c(C)n(C)n(-c3ccccc3)c2=O)cc1. The molecule has 0 radical (unpaired) electrons. The minimum Gasteiger partial charge on any atom is -0.349 e. The summed E-state index contributed by atoms with van der Waals surface area (Å²) < 4.78 is 3.52. The number of hydrazone groups is 1. The van der Waals surface area contributed by atoms with E-state index in [-0.39, 0.29) is 5.56 Å². The molecule has 0 atom stereocenters. The van der Waals surface area contributed by atoms with Gasteiger partial charge in [-0.1, -0.05) is 48.5 Å². The zero-order valence-electron chi connectivity index (χ0n) is 17.8. The highest BCUT2D eigenvalue weighted by Gasteiger charge is 2.16. The Balaban J connectivity index is 1.50. The van der Waals surface area contributed by atoms with Crippen LogP contribution in [0.25, 0.3) is 5.69 Å². The van der Waals surface area contributed by atoms with Crippen LogP contribution >= 0.6 is 0 Å². The minimum absolute atomic E-state index is 0.0840. The van der Waals surface area contributed by atoms with E-state index < -0.39 is 0 Å². The maximum Gasteiger partial charge on any atom is 0.295 e. The van der Waals surface area contributed by atoms with Crippen molar-refractivity contribution in [3.05, 3.63) is 106 Å². The van der Waals surface area contributed by atoms with Gasteiger partial charge < -0.3 is 5.32 Å². The third kappa shape index (κ3) is 4.28. The summed E-state index contributed by atoms with van der Waals surface area (Å²) in [5, 5.41) is 7.58. The number of rotatable bonds is 6. The van der Waals surface area contributed by atoms with E-state index in [0.717, 1.165) is 33.9 Å². The first-order chi connectivity index (χ1) is 15.0. The fraction of sp³-hybridized carbons (Fsp3) is 0.120. The van der Waals surface area contributed by atoms with E-state index in [1.165, 1.54) is 0 Å². The molecule has 0 spiro atoms. The maximum atomic E-state index is 13.0. The fourth-order valence-electron chi connectivity index (χ4n) is 3.38. The Morgan fingerprint density at radius 2 is 1.55 bits per heavy atom. The van der Waals surface area contributed by atoms with Gasteiger partial charge in [0.05, 0.1) is 23.3 Å². The van der Waals surface area contributed by atoms with E-state index in [1.807, 2.05) is 104 Å². The molecule has 4 rings (SSSR count). The number of nitrogens with one attached hydrogen (secondary N) is 2. The van der Waals surface area contributed by atoms with Crippen LogP contribution in [0.1, 0.15) is 16.8 Å². The van der Waals surface area contributed by atoms with Crippen LogP contribution in [0.15, 0.2) is 88.8 Å². The number of para-hydroxylation sites is 2. The van der Waals surface area contributed by atoms with Crippen molar-refractivity contribution in [2.24, 2.45) is 12.1 Å². The third-order valence-corrected chi connectivity index (χ3v) is 5.28. The van der Waals surface area contributed by atoms with E-state index in [1.54, 1.807) is 10.9 Å².